The number of benzene rings is 2. The molecule has 158 valence electrons. The quantitative estimate of drug-likeness (QED) is 0.622. The number of halogens is 2. The molecule has 0 aliphatic carbocycles. The SMILES string of the molecule is O=C(C[NH+]1CCN(C(=O)CNC(=O)c2ccccc2F)CC1)Nc1cccc(F)c1. The number of anilines is 1. The second kappa shape index (κ2) is 9.93. The van der Waals surface area contributed by atoms with E-state index in [-0.39, 0.29) is 30.5 Å². The Hall–Kier alpha value is -3.33. The first-order valence-corrected chi connectivity index (χ1v) is 9.62. The maximum Gasteiger partial charge on any atom is 0.279 e. The average Bonchev–Trinajstić information content (AvgIpc) is 2.72. The predicted octanol–water partition coefficient (Wildman–Crippen LogP) is 0.0604. The molecule has 3 amide bonds. The van der Waals surface area contributed by atoms with Crippen molar-refractivity contribution in [1.29, 1.82) is 0 Å². The van der Waals surface area contributed by atoms with Crippen molar-refractivity contribution in [1.82, 2.24) is 10.2 Å². The molecule has 0 radical (unpaired) electrons. The number of piperazine rings is 1. The number of nitrogens with zero attached hydrogens (tertiary/aromatic N) is 1. The Kier molecular flexibility index (Phi) is 7.08. The first-order chi connectivity index (χ1) is 14.4. The molecular weight excluding hydrogens is 394 g/mol. The molecule has 1 heterocycles. The highest BCUT2D eigenvalue weighted by Gasteiger charge is 2.25. The maximum atomic E-state index is 13.6. The summed E-state index contributed by atoms with van der Waals surface area (Å²) in [5, 5.41) is 5.10. The number of hydrogen-bond donors (Lipinski definition) is 3. The molecule has 30 heavy (non-hydrogen) atoms. The molecule has 1 aliphatic heterocycles. The smallest absolute Gasteiger partial charge is 0.279 e. The lowest BCUT2D eigenvalue weighted by atomic mass is 10.2. The van der Waals surface area contributed by atoms with E-state index in [4.69, 9.17) is 0 Å². The van der Waals surface area contributed by atoms with Crippen LogP contribution in [0.3, 0.4) is 0 Å². The van der Waals surface area contributed by atoms with E-state index >= 15 is 0 Å². The molecule has 0 atom stereocenters. The van der Waals surface area contributed by atoms with Gasteiger partial charge in [-0.15, -0.1) is 0 Å². The Labute approximate surface area is 172 Å². The van der Waals surface area contributed by atoms with E-state index in [9.17, 15) is 23.2 Å². The summed E-state index contributed by atoms with van der Waals surface area (Å²) >= 11 is 0. The number of carbonyl (C=O) groups is 3. The molecule has 7 nitrogen and oxygen atoms in total. The Morgan fingerprint density at radius 3 is 2.43 bits per heavy atom. The minimum atomic E-state index is -0.642. The van der Waals surface area contributed by atoms with Gasteiger partial charge >= 0.3 is 0 Å². The van der Waals surface area contributed by atoms with E-state index in [0.29, 0.717) is 31.9 Å². The van der Waals surface area contributed by atoms with Gasteiger partial charge < -0.3 is 20.4 Å². The van der Waals surface area contributed by atoms with Crippen molar-refractivity contribution >= 4 is 23.4 Å². The molecule has 0 bridgehead atoms. The van der Waals surface area contributed by atoms with Crippen LogP contribution in [0.15, 0.2) is 48.5 Å². The van der Waals surface area contributed by atoms with Crippen molar-refractivity contribution in [3.05, 3.63) is 65.7 Å². The van der Waals surface area contributed by atoms with E-state index in [1.54, 1.807) is 17.0 Å². The van der Waals surface area contributed by atoms with Gasteiger partial charge in [-0.25, -0.2) is 8.78 Å². The molecule has 0 unspecified atom stereocenters. The molecule has 0 spiro atoms. The summed E-state index contributed by atoms with van der Waals surface area (Å²) < 4.78 is 26.8. The molecule has 0 aromatic heterocycles. The van der Waals surface area contributed by atoms with Gasteiger partial charge in [0.05, 0.1) is 38.3 Å². The van der Waals surface area contributed by atoms with Crippen molar-refractivity contribution in [2.24, 2.45) is 0 Å². The molecule has 1 aliphatic rings. The normalized spacial score (nSPS) is 14.3. The van der Waals surface area contributed by atoms with Crippen LogP contribution in [-0.2, 0) is 9.59 Å². The second-order valence-corrected chi connectivity index (χ2v) is 7.03. The average molecular weight is 417 g/mol. The highest BCUT2D eigenvalue weighted by atomic mass is 19.1. The maximum absolute atomic E-state index is 13.6. The highest BCUT2D eigenvalue weighted by molar-refractivity contribution is 5.96. The third kappa shape index (κ3) is 5.84. The number of nitrogens with one attached hydrogen (secondary N) is 3. The monoisotopic (exact) mass is 417 g/mol. The standard InChI is InChI=1S/C21H22F2N4O3/c22-15-4-3-5-16(12-15)25-19(28)14-26-8-10-27(11-9-26)20(29)13-24-21(30)17-6-1-2-7-18(17)23/h1-7,12H,8-11,13-14H2,(H,24,30)(H,25,28)/p+1. The molecule has 3 rings (SSSR count). The van der Waals surface area contributed by atoms with Crippen LogP contribution in [-0.4, -0.2) is 61.9 Å². The Morgan fingerprint density at radius 2 is 1.73 bits per heavy atom. The predicted molar refractivity (Wildman–Crippen MR) is 106 cm³/mol. The van der Waals surface area contributed by atoms with Gasteiger partial charge in [0.15, 0.2) is 6.54 Å². The number of rotatable bonds is 6. The summed E-state index contributed by atoms with van der Waals surface area (Å²) in [4.78, 5) is 39.1. The molecule has 3 N–H and O–H groups in total. The topological polar surface area (TPSA) is 83.0 Å². The summed E-state index contributed by atoms with van der Waals surface area (Å²) in [6, 6.07) is 11.3. The summed E-state index contributed by atoms with van der Waals surface area (Å²) in [6.45, 7) is 2.02. The first kappa shape index (κ1) is 21.4. The van der Waals surface area contributed by atoms with Gasteiger partial charge in [-0.05, 0) is 30.3 Å². The zero-order chi connectivity index (χ0) is 21.5. The van der Waals surface area contributed by atoms with Crippen LogP contribution < -0.4 is 15.5 Å². The number of amides is 3. The van der Waals surface area contributed by atoms with Crippen LogP contribution in [0.25, 0.3) is 0 Å². The van der Waals surface area contributed by atoms with Crippen molar-refractivity contribution in [2.45, 2.75) is 0 Å². The molecule has 1 fully saturated rings. The van der Waals surface area contributed by atoms with Gasteiger partial charge in [0.25, 0.3) is 11.8 Å². The summed E-state index contributed by atoms with van der Waals surface area (Å²) in [5.74, 6) is -2.19. The van der Waals surface area contributed by atoms with E-state index in [1.807, 2.05) is 0 Å². The summed E-state index contributed by atoms with van der Waals surface area (Å²) in [5.41, 5.74) is 0.294. The Morgan fingerprint density at radius 1 is 1.00 bits per heavy atom. The lowest BCUT2D eigenvalue weighted by Crippen LogP contribution is -3.15. The number of carbonyl (C=O) groups excluding carboxylic acids is 3. The van der Waals surface area contributed by atoms with Crippen LogP contribution in [0.1, 0.15) is 10.4 Å². The fraction of sp³-hybridized carbons (Fsp3) is 0.286. The van der Waals surface area contributed by atoms with Crippen molar-refractivity contribution in [2.75, 3.05) is 44.6 Å². The van der Waals surface area contributed by atoms with Crippen LogP contribution >= 0.6 is 0 Å². The lowest BCUT2D eigenvalue weighted by Gasteiger charge is -2.32. The van der Waals surface area contributed by atoms with Crippen molar-refractivity contribution in [3.63, 3.8) is 0 Å². The fourth-order valence-electron chi connectivity index (χ4n) is 3.26. The molecule has 0 saturated carbocycles. The van der Waals surface area contributed by atoms with Crippen molar-refractivity contribution < 1.29 is 28.1 Å². The van der Waals surface area contributed by atoms with Gasteiger partial charge in [-0.2, -0.15) is 0 Å². The minimum Gasteiger partial charge on any atom is -0.343 e. The van der Waals surface area contributed by atoms with Crippen LogP contribution in [0.4, 0.5) is 14.5 Å². The van der Waals surface area contributed by atoms with E-state index in [2.05, 4.69) is 10.6 Å². The van der Waals surface area contributed by atoms with Crippen molar-refractivity contribution in [3.8, 4) is 0 Å². The van der Waals surface area contributed by atoms with Crippen LogP contribution in [0.2, 0.25) is 0 Å². The largest absolute Gasteiger partial charge is 0.343 e. The molecule has 9 heteroatoms. The zero-order valence-electron chi connectivity index (χ0n) is 16.3. The Bertz CT molecular complexity index is 930. The number of hydrogen-bond acceptors (Lipinski definition) is 3. The molecule has 2 aromatic carbocycles. The zero-order valence-corrected chi connectivity index (χ0v) is 16.3. The lowest BCUT2D eigenvalue weighted by molar-refractivity contribution is -0.895. The van der Waals surface area contributed by atoms with E-state index < -0.39 is 17.5 Å². The van der Waals surface area contributed by atoms with Crippen LogP contribution in [0.5, 0.6) is 0 Å². The first-order valence-electron chi connectivity index (χ1n) is 9.62. The van der Waals surface area contributed by atoms with Gasteiger partial charge in [0.2, 0.25) is 5.91 Å². The molecule has 2 aromatic rings. The van der Waals surface area contributed by atoms with Gasteiger partial charge in [0.1, 0.15) is 11.6 Å². The molecule has 1 saturated heterocycles. The summed E-state index contributed by atoms with van der Waals surface area (Å²) in [7, 11) is 0. The fourth-order valence-corrected chi connectivity index (χ4v) is 3.26. The minimum absolute atomic E-state index is 0.108. The van der Waals surface area contributed by atoms with Gasteiger partial charge in [0, 0.05) is 5.69 Å². The van der Waals surface area contributed by atoms with Crippen LogP contribution in [0, 0.1) is 11.6 Å². The van der Waals surface area contributed by atoms with E-state index in [1.165, 1.54) is 36.4 Å². The highest BCUT2D eigenvalue weighted by Crippen LogP contribution is 2.08. The summed E-state index contributed by atoms with van der Waals surface area (Å²) in [6.07, 6.45) is 0. The third-order valence-corrected chi connectivity index (χ3v) is 4.86. The third-order valence-electron chi connectivity index (χ3n) is 4.86. The van der Waals surface area contributed by atoms with E-state index in [0.717, 1.165) is 4.90 Å². The Balaban J connectivity index is 1.40. The second-order valence-electron chi connectivity index (χ2n) is 7.03. The van der Waals surface area contributed by atoms with Gasteiger partial charge in [-0.1, -0.05) is 18.2 Å². The number of quaternary nitrogens is 1. The molecular formula is C21H23F2N4O3+. The van der Waals surface area contributed by atoms with Gasteiger partial charge in [-0.3, -0.25) is 14.4 Å².